The van der Waals surface area contributed by atoms with Gasteiger partial charge in [0.2, 0.25) is 0 Å². The van der Waals surface area contributed by atoms with Crippen LogP contribution in [-0.4, -0.2) is 40.7 Å². The lowest BCUT2D eigenvalue weighted by Gasteiger charge is -2.17. The van der Waals surface area contributed by atoms with Gasteiger partial charge in [-0.05, 0) is 22.4 Å². The summed E-state index contributed by atoms with van der Waals surface area (Å²) < 4.78 is 8.18. The van der Waals surface area contributed by atoms with Gasteiger partial charge in [-0.15, -0.1) is 0 Å². The molecule has 90 valence electrons. The van der Waals surface area contributed by atoms with Crippen LogP contribution in [0.5, 0.6) is 0 Å². The van der Waals surface area contributed by atoms with E-state index in [0.29, 0.717) is 6.10 Å². The summed E-state index contributed by atoms with van der Waals surface area (Å²) in [5.41, 5.74) is 0.893. The van der Waals surface area contributed by atoms with Gasteiger partial charge in [0, 0.05) is 38.8 Å². The smallest absolute Gasteiger partial charge is 0.180 e. The van der Waals surface area contributed by atoms with E-state index in [1.54, 1.807) is 13.3 Å². The van der Waals surface area contributed by atoms with Crippen LogP contribution in [0, 0.1) is 0 Å². The lowest BCUT2D eigenvalue weighted by Crippen LogP contribution is -2.24. The highest BCUT2D eigenvalue weighted by Gasteiger charge is 2.25. The second kappa shape index (κ2) is 4.27. The molecular weight excluding hydrogens is 284 g/mol. The number of rotatable bonds is 2. The van der Waals surface area contributed by atoms with Crippen molar-refractivity contribution in [2.45, 2.75) is 12.5 Å². The molecule has 1 atom stereocenters. The predicted octanol–water partition coefficient (Wildman–Crippen LogP) is 1.72. The fourth-order valence-electron chi connectivity index (χ4n) is 2.21. The van der Waals surface area contributed by atoms with Crippen molar-refractivity contribution in [2.24, 2.45) is 0 Å². The maximum absolute atomic E-state index is 5.38. The second-order valence-electron chi connectivity index (χ2n) is 4.14. The summed E-state index contributed by atoms with van der Waals surface area (Å²) >= 11 is 3.43. The molecule has 0 N–H and O–H groups in total. The minimum atomic E-state index is 0.297. The highest BCUT2D eigenvalue weighted by Crippen LogP contribution is 2.25. The zero-order valence-electron chi connectivity index (χ0n) is 9.51. The van der Waals surface area contributed by atoms with Crippen LogP contribution in [0.3, 0.4) is 0 Å². The van der Waals surface area contributed by atoms with E-state index in [9.17, 15) is 0 Å². The molecule has 0 amide bonds. The summed E-state index contributed by atoms with van der Waals surface area (Å²) in [6, 6.07) is 0. The number of nitrogens with zero attached hydrogens (tertiary/aromatic N) is 4. The highest BCUT2D eigenvalue weighted by atomic mass is 79.9. The maximum atomic E-state index is 5.38. The molecule has 1 saturated heterocycles. The van der Waals surface area contributed by atoms with E-state index >= 15 is 0 Å². The lowest BCUT2D eigenvalue weighted by atomic mass is 10.3. The number of hydrogen-bond donors (Lipinski definition) is 0. The second-order valence-corrected chi connectivity index (χ2v) is 4.95. The van der Waals surface area contributed by atoms with Crippen LogP contribution in [0.4, 0.5) is 5.82 Å². The largest absolute Gasteiger partial charge is 0.380 e. The number of hydrogen-bond acceptors (Lipinski definition) is 4. The van der Waals surface area contributed by atoms with Gasteiger partial charge in [0.05, 0.1) is 6.10 Å². The molecule has 0 spiro atoms. The zero-order valence-corrected chi connectivity index (χ0v) is 11.1. The first-order chi connectivity index (χ1) is 8.28. The molecule has 0 aliphatic carbocycles. The molecule has 3 heterocycles. The van der Waals surface area contributed by atoms with Gasteiger partial charge >= 0.3 is 0 Å². The van der Waals surface area contributed by atoms with E-state index < -0.39 is 0 Å². The van der Waals surface area contributed by atoms with Crippen molar-refractivity contribution in [3.05, 3.63) is 23.2 Å². The fourth-order valence-corrected chi connectivity index (χ4v) is 2.60. The van der Waals surface area contributed by atoms with Crippen LogP contribution in [0.25, 0.3) is 5.65 Å². The Morgan fingerprint density at radius 1 is 1.53 bits per heavy atom. The van der Waals surface area contributed by atoms with Crippen molar-refractivity contribution in [3.8, 4) is 0 Å². The zero-order chi connectivity index (χ0) is 11.8. The normalized spacial score (nSPS) is 20.4. The molecule has 0 saturated carbocycles. The molecule has 0 aromatic carbocycles. The molecule has 0 bridgehead atoms. The topological polar surface area (TPSA) is 42.7 Å². The van der Waals surface area contributed by atoms with Crippen molar-refractivity contribution in [2.75, 3.05) is 25.1 Å². The van der Waals surface area contributed by atoms with Crippen molar-refractivity contribution in [1.29, 1.82) is 0 Å². The summed E-state index contributed by atoms with van der Waals surface area (Å²) in [4.78, 5) is 11.1. The van der Waals surface area contributed by atoms with E-state index in [0.717, 1.165) is 35.6 Å². The monoisotopic (exact) mass is 296 g/mol. The Kier molecular flexibility index (Phi) is 2.76. The van der Waals surface area contributed by atoms with Gasteiger partial charge < -0.3 is 14.0 Å². The molecule has 0 radical (unpaired) electrons. The third kappa shape index (κ3) is 1.91. The molecule has 3 rings (SSSR count). The Hall–Kier alpha value is -1.14. The maximum Gasteiger partial charge on any atom is 0.180 e. The number of ether oxygens (including phenoxy) is 1. The molecule has 1 aliphatic heterocycles. The van der Waals surface area contributed by atoms with Gasteiger partial charge in [-0.3, -0.25) is 0 Å². The Morgan fingerprint density at radius 2 is 2.41 bits per heavy atom. The number of methoxy groups -OCH3 is 1. The molecule has 1 aliphatic rings. The van der Waals surface area contributed by atoms with Crippen molar-refractivity contribution >= 4 is 27.4 Å². The van der Waals surface area contributed by atoms with Gasteiger partial charge in [0.15, 0.2) is 11.5 Å². The minimum absolute atomic E-state index is 0.297. The third-order valence-corrected chi connectivity index (χ3v) is 3.49. The summed E-state index contributed by atoms with van der Waals surface area (Å²) in [6.07, 6.45) is 6.96. The van der Waals surface area contributed by atoms with Gasteiger partial charge in [0.25, 0.3) is 0 Å². The Bertz CT molecular complexity index is 541. The number of imidazole rings is 1. The molecule has 1 fully saturated rings. The average molecular weight is 297 g/mol. The Balaban J connectivity index is 2.02. The number of fused-ring (bicyclic) bond motifs is 1. The third-order valence-electron chi connectivity index (χ3n) is 3.10. The standard InChI is InChI=1S/C11H13BrN4O/c1-17-8-2-4-15(6-8)11-10-13-3-5-16(10)7-9(12)14-11/h3,5,7-8H,2,4,6H2,1H3. The number of halogens is 1. The minimum Gasteiger partial charge on any atom is -0.380 e. The van der Waals surface area contributed by atoms with Crippen molar-refractivity contribution < 1.29 is 4.74 Å². The van der Waals surface area contributed by atoms with Crippen molar-refractivity contribution in [1.82, 2.24) is 14.4 Å². The van der Waals surface area contributed by atoms with E-state index in [4.69, 9.17) is 4.74 Å². The lowest BCUT2D eigenvalue weighted by molar-refractivity contribution is 0.121. The number of anilines is 1. The molecular formula is C11H13BrN4O. The highest BCUT2D eigenvalue weighted by molar-refractivity contribution is 9.10. The first-order valence-corrected chi connectivity index (χ1v) is 6.34. The van der Waals surface area contributed by atoms with E-state index in [-0.39, 0.29) is 0 Å². The van der Waals surface area contributed by atoms with E-state index in [2.05, 4.69) is 30.8 Å². The molecule has 2 aromatic rings. The van der Waals surface area contributed by atoms with Crippen LogP contribution in [0.15, 0.2) is 23.2 Å². The Labute approximate surface area is 108 Å². The van der Waals surface area contributed by atoms with Gasteiger partial charge in [-0.2, -0.15) is 0 Å². The van der Waals surface area contributed by atoms with Crippen LogP contribution in [-0.2, 0) is 4.74 Å². The van der Waals surface area contributed by atoms with Gasteiger partial charge in [-0.1, -0.05) is 0 Å². The first-order valence-electron chi connectivity index (χ1n) is 5.55. The molecule has 1 unspecified atom stereocenters. The summed E-state index contributed by atoms with van der Waals surface area (Å²) in [7, 11) is 1.76. The predicted molar refractivity (Wildman–Crippen MR) is 68.3 cm³/mol. The SMILES string of the molecule is COC1CCN(c2nc(Br)cn3ccnc23)C1. The average Bonchev–Trinajstić information content (AvgIpc) is 2.95. The van der Waals surface area contributed by atoms with Gasteiger partial charge in [-0.25, -0.2) is 9.97 Å². The van der Waals surface area contributed by atoms with E-state index in [1.807, 2.05) is 16.8 Å². The van der Waals surface area contributed by atoms with Crippen LogP contribution in [0.2, 0.25) is 0 Å². The van der Waals surface area contributed by atoms with Crippen LogP contribution in [0.1, 0.15) is 6.42 Å². The van der Waals surface area contributed by atoms with Crippen LogP contribution >= 0.6 is 15.9 Å². The fraction of sp³-hybridized carbons (Fsp3) is 0.455. The van der Waals surface area contributed by atoms with E-state index in [1.165, 1.54) is 0 Å². The molecule has 6 heteroatoms. The van der Waals surface area contributed by atoms with Crippen LogP contribution < -0.4 is 4.90 Å². The molecule has 17 heavy (non-hydrogen) atoms. The summed E-state index contributed by atoms with van der Waals surface area (Å²) in [5, 5.41) is 0. The molecule has 5 nitrogen and oxygen atoms in total. The summed E-state index contributed by atoms with van der Waals surface area (Å²) in [6.45, 7) is 1.84. The number of aromatic nitrogens is 3. The molecule has 2 aromatic heterocycles. The quantitative estimate of drug-likeness (QED) is 0.846. The van der Waals surface area contributed by atoms with Gasteiger partial charge in [0.1, 0.15) is 4.60 Å². The first kappa shape index (κ1) is 11.0. The summed E-state index contributed by atoms with van der Waals surface area (Å²) in [5.74, 6) is 0.920. The van der Waals surface area contributed by atoms with Crippen molar-refractivity contribution in [3.63, 3.8) is 0 Å². The Morgan fingerprint density at radius 3 is 3.18 bits per heavy atom.